The Kier molecular flexibility index (Phi) is 6.10. The summed E-state index contributed by atoms with van der Waals surface area (Å²) >= 11 is 2.90. The number of rotatable bonds is 8. The standard InChI is InChI=1S/C14H20N2O3S2/c1-2-6-20-7-5-15-8-11(18)9-3-4-10(17)12-13(9)21-14(19)16-12/h3-4,11,15,17-18H,2,5-8H2,1H3,(H,16,19)/t11-/m0/s1. The number of nitrogens with one attached hydrogen (secondary N) is 2. The minimum atomic E-state index is -0.698. The normalized spacial score (nSPS) is 12.9. The molecule has 0 fully saturated rings. The summed E-state index contributed by atoms with van der Waals surface area (Å²) in [6.07, 6.45) is 0.473. The zero-order valence-corrected chi connectivity index (χ0v) is 13.5. The number of aliphatic hydroxyl groups excluding tert-OH is 1. The van der Waals surface area contributed by atoms with Crippen LogP contribution in [-0.2, 0) is 0 Å². The van der Waals surface area contributed by atoms with Crippen LogP contribution < -0.4 is 10.2 Å². The van der Waals surface area contributed by atoms with E-state index in [1.807, 2.05) is 11.8 Å². The average Bonchev–Trinajstić information content (AvgIpc) is 2.85. The first kappa shape index (κ1) is 16.4. The van der Waals surface area contributed by atoms with Crippen LogP contribution in [0.2, 0.25) is 0 Å². The van der Waals surface area contributed by atoms with E-state index in [0.717, 1.165) is 29.4 Å². The monoisotopic (exact) mass is 328 g/mol. The third kappa shape index (κ3) is 4.23. The SMILES string of the molecule is CCCSCCNC[C@H](O)c1ccc(O)c2[nH]c(=O)sc12. The Hall–Kier alpha value is -1.02. The van der Waals surface area contributed by atoms with Crippen LogP contribution in [0.3, 0.4) is 0 Å². The molecule has 0 unspecified atom stereocenters. The first-order chi connectivity index (χ1) is 10.1. The summed E-state index contributed by atoms with van der Waals surface area (Å²) in [5.41, 5.74) is 1.07. The number of aromatic hydroxyl groups is 1. The maximum Gasteiger partial charge on any atom is 0.305 e. The number of thioether (sulfide) groups is 1. The van der Waals surface area contributed by atoms with Gasteiger partial charge in [0.25, 0.3) is 0 Å². The number of thiazole rings is 1. The fraction of sp³-hybridized carbons (Fsp3) is 0.500. The van der Waals surface area contributed by atoms with Gasteiger partial charge in [-0.1, -0.05) is 24.3 Å². The zero-order valence-electron chi connectivity index (χ0n) is 11.9. The Morgan fingerprint density at radius 3 is 3.00 bits per heavy atom. The van der Waals surface area contributed by atoms with E-state index >= 15 is 0 Å². The van der Waals surface area contributed by atoms with Crippen molar-refractivity contribution in [1.82, 2.24) is 10.3 Å². The number of aromatic amines is 1. The van der Waals surface area contributed by atoms with Gasteiger partial charge in [0.1, 0.15) is 11.3 Å². The number of hydrogen-bond donors (Lipinski definition) is 4. The van der Waals surface area contributed by atoms with Crippen LogP contribution in [0.15, 0.2) is 16.9 Å². The highest BCUT2D eigenvalue weighted by Crippen LogP contribution is 2.31. The van der Waals surface area contributed by atoms with Crippen molar-refractivity contribution in [2.45, 2.75) is 19.4 Å². The number of benzene rings is 1. The van der Waals surface area contributed by atoms with Gasteiger partial charge in [-0.05, 0) is 18.2 Å². The second-order valence-electron chi connectivity index (χ2n) is 4.72. The van der Waals surface area contributed by atoms with E-state index in [-0.39, 0.29) is 10.6 Å². The fourth-order valence-electron chi connectivity index (χ4n) is 2.04. The Bertz CT molecular complexity index is 639. The molecule has 0 aliphatic heterocycles. The van der Waals surface area contributed by atoms with Crippen molar-refractivity contribution in [2.24, 2.45) is 0 Å². The lowest BCUT2D eigenvalue weighted by Gasteiger charge is -2.13. The van der Waals surface area contributed by atoms with Gasteiger partial charge in [-0.15, -0.1) is 0 Å². The van der Waals surface area contributed by atoms with Gasteiger partial charge >= 0.3 is 4.87 Å². The molecular formula is C14H20N2O3S2. The molecule has 5 nitrogen and oxygen atoms in total. The molecule has 21 heavy (non-hydrogen) atoms. The quantitative estimate of drug-likeness (QED) is 0.557. The molecule has 2 rings (SSSR count). The van der Waals surface area contributed by atoms with Crippen LogP contribution in [0.25, 0.3) is 10.2 Å². The second-order valence-corrected chi connectivity index (χ2v) is 6.93. The molecule has 1 atom stereocenters. The van der Waals surface area contributed by atoms with E-state index in [9.17, 15) is 15.0 Å². The van der Waals surface area contributed by atoms with Crippen LogP contribution in [-0.4, -0.2) is 39.8 Å². The summed E-state index contributed by atoms with van der Waals surface area (Å²) < 4.78 is 0.620. The number of hydrogen-bond acceptors (Lipinski definition) is 6. The third-order valence-electron chi connectivity index (χ3n) is 3.06. The van der Waals surface area contributed by atoms with E-state index in [1.165, 1.54) is 12.5 Å². The minimum absolute atomic E-state index is 0.0308. The summed E-state index contributed by atoms with van der Waals surface area (Å²) in [6, 6.07) is 3.17. The zero-order chi connectivity index (χ0) is 15.2. The van der Waals surface area contributed by atoms with E-state index in [2.05, 4.69) is 17.2 Å². The molecule has 1 aromatic heterocycles. The Balaban J connectivity index is 1.98. The molecule has 4 N–H and O–H groups in total. The van der Waals surface area contributed by atoms with Crippen LogP contribution in [0.4, 0.5) is 0 Å². The molecule has 0 amide bonds. The Morgan fingerprint density at radius 2 is 2.24 bits per heavy atom. The molecule has 2 aromatic rings. The highest BCUT2D eigenvalue weighted by atomic mass is 32.2. The Morgan fingerprint density at radius 1 is 1.43 bits per heavy atom. The number of fused-ring (bicyclic) bond motifs is 1. The van der Waals surface area contributed by atoms with Crippen molar-refractivity contribution in [3.63, 3.8) is 0 Å². The lowest BCUT2D eigenvalue weighted by atomic mass is 10.1. The maximum absolute atomic E-state index is 11.4. The molecule has 0 aliphatic rings. The smallest absolute Gasteiger partial charge is 0.305 e. The van der Waals surface area contributed by atoms with Crippen molar-refractivity contribution in [3.8, 4) is 5.75 Å². The molecule has 0 saturated heterocycles. The second kappa shape index (κ2) is 7.84. The molecule has 1 heterocycles. The Labute approximate surface area is 131 Å². The number of aliphatic hydroxyl groups is 1. The van der Waals surface area contributed by atoms with Gasteiger partial charge in [0.05, 0.1) is 10.8 Å². The van der Waals surface area contributed by atoms with Crippen LogP contribution in [0, 0.1) is 0 Å². The molecule has 1 aromatic carbocycles. The highest BCUT2D eigenvalue weighted by molar-refractivity contribution is 7.99. The van der Waals surface area contributed by atoms with Gasteiger partial charge in [-0.3, -0.25) is 4.79 Å². The van der Waals surface area contributed by atoms with Gasteiger partial charge in [-0.2, -0.15) is 11.8 Å². The highest BCUT2D eigenvalue weighted by Gasteiger charge is 2.15. The first-order valence-electron chi connectivity index (χ1n) is 6.94. The molecule has 0 saturated carbocycles. The molecule has 0 spiro atoms. The van der Waals surface area contributed by atoms with Gasteiger partial charge in [0, 0.05) is 24.4 Å². The summed E-state index contributed by atoms with van der Waals surface area (Å²) in [5.74, 6) is 2.20. The summed E-state index contributed by atoms with van der Waals surface area (Å²) in [4.78, 5) is 13.8. The predicted octanol–water partition coefficient (Wildman–Crippen LogP) is 2.06. The van der Waals surface area contributed by atoms with Crippen molar-refractivity contribution in [2.75, 3.05) is 24.6 Å². The average molecular weight is 328 g/mol. The summed E-state index contributed by atoms with van der Waals surface area (Å²) in [7, 11) is 0. The number of phenols is 1. The number of phenolic OH excluding ortho intramolecular Hbond substituents is 1. The summed E-state index contributed by atoms with van der Waals surface area (Å²) in [6.45, 7) is 3.42. The number of aromatic nitrogens is 1. The first-order valence-corrected chi connectivity index (χ1v) is 8.91. The van der Waals surface area contributed by atoms with Gasteiger partial charge < -0.3 is 20.5 Å². The number of H-pyrrole nitrogens is 1. The van der Waals surface area contributed by atoms with Crippen LogP contribution >= 0.6 is 23.1 Å². The summed E-state index contributed by atoms with van der Waals surface area (Å²) in [5, 5.41) is 23.2. The van der Waals surface area contributed by atoms with Gasteiger partial charge in [0.2, 0.25) is 0 Å². The van der Waals surface area contributed by atoms with Crippen molar-refractivity contribution in [1.29, 1.82) is 0 Å². The van der Waals surface area contributed by atoms with Crippen LogP contribution in [0.1, 0.15) is 25.0 Å². The van der Waals surface area contributed by atoms with E-state index < -0.39 is 6.10 Å². The molecule has 116 valence electrons. The topological polar surface area (TPSA) is 85.3 Å². The third-order valence-corrected chi connectivity index (χ3v) is 5.18. The largest absolute Gasteiger partial charge is 0.506 e. The minimum Gasteiger partial charge on any atom is -0.506 e. The molecule has 7 heteroatoms. The van der Waals surface area contributed by atoms with E-state index in [1.54, 1.807) is 6.07 Å². The molecular weight excluding hydrogens is 308 g/mol. The lowest BCUT2D eigenvalue weighted by Crippen LogP contribution is -2.23. The van der Waals surface area contributed by atoms with Gasteiger partial charge in [-0.25, -0.2) is 0 Å². The van der Waals surface area contributed by atoms with E-state index in [4.69, 9.17) is 0 Å². The van der Waals surface area contributed by atoms with E-state index in [0.29, 0.717) is 22.3 Å². The van der Waals surface area contributed by atoms with Gasteiger partial charge in [0.15, 0.2) is 0 Å². The molecule has 0 bridgehead atoms. The van der Waals surface area contributed by atoms with Crippen LogP contribution in [0.5, 0.6) is 5.75 Å². The molecule has 0 radical (unpaired) electrons. The fourth-order valence-corrected chi connectivity index (χ4v) is 3.74. The van der Waals surface area contributed by atoms with Crippen molar-refractivity contribution < 1.29 is 10.2 Å². The predicted molar refractivity (Wildman–Crippen MR) is 89.6 cm³/mol. The van der Waals surface area contributed by atoms with Crippen molar-refractivity contribution >= 4 is 33.3 Å². The lowest BCUT2D eigenvalue weighted by molar-refractivity contribution is 0.177. The maximum atomic E-state index is 11.4. The van der Waals surface area contributed by atoms with Crippen molar-refractivity contribution in [3.05, 3.63) is 27.4 Å². The molecule has 0 aliphatic carbocycles.